The first kappa shape index (κ1) is 14.3. The van der Waals surface area contributed by atoms with E-state index in [1.165, 1.54) is 0 Å². The summed E-state index contributed by atoms with van der Waals surface area (Å²) in [6.45, 7) is -1.00. The van der Waals surface area contributed by atoms with Crippen LogP contribution in [-0.2, 0) is 9.59 Å². The molecule has 0 aromatic heterocycles. The second-order valence-electron chi connectivity index (χ2n) is 3.78. The molecule has 1 rings (SSSR count). The van der Waals surface area contributed by atoms with Gasteiger partial charge in [0.1, 0.15) is 6.29 Å². The normalized spacial score (nSPS) is 20.7. The summed E-state index contributed by atoms with van der Waals surface area (Å²) in [5.41, 5.74) is 0. The van der Waals surface area contributed by atoms with Gasteiger partial charge in [0.2, 0.25) is 0 Å². The topological polar surface area (TPSA) is 77.9 Å². The predicted molar refractivity (Wildman–Crippen MR) is 51.8 cm³/mol. The van der Waals surface area contributed by atoms with E-state index in [2.05, 4.69) is 0 Å². The number of aldehydes is 1. The fourth-order valence-electron chi connectivity index (χ4n) is 1.78. The van der Waals surface area contributed by atoms with E-state index in [9.17, 15) is 27.6 Å². The number of carbonyl (C=O) groups is 3. The number of piperazine rings is 1. The fraction of sp³-hybridized carbons (Fsp3) is 0.667. The highest BCUT2D eigenvalue weighted by Gasteiger charge is 2.45. The van der Waals surface area contributed by atoms with Gasteiger partial charge in [-0.2, -0.15) is 13.2 Å². The van der Waals surface area contributed by atoms with Gasteiger partial charge in [0.05, 0.1) is 6.04 Å². The van der Waals surface area contributed by atoms with E-state index >= 15 is 0 Å². The minimum atomic E-state index is -4.99. The number of nitrogens with zero attached hydrogens (tertiary/aromatic N) is 2. The summed E-state index contributed by atoms with van der Waals surface area (Å²) in [6, 6.07) is -0.931. The molecule has 0 spiro atoms. The molecule has 0 bridgehead atoms. The van der Waals surface area contributed by atoms with Crippen molar-refractivity contribution in [2.75, 3.05) is 19.6 Å². The van der Waals surface area contributed by atoms with Crippen LogP contribution in [-0.4, -0.2) is 65.0 Å². The van der Waals surface area contributed by atoms with Crippen LogP contribution in [0.5, 0.6) is 0 Å². The second kappa shape index (κ2) is 5.23. The zero-order valence-corrected chi connectivity index (χ0v) is 9.18. The maximum absolute atomic E-state index is 12.2. The van der Waals surface area contributed by atoms with Gasteiger partial charge in [-0.25, -0.2) is 4.79 Å². The highest BCUT2D eigenvalue weighted by molar-refractivity contribution is 5.82. The van der Waals surface area contributed by atoms with Crippen molar-refractivity contribution in [3.63, 3.8) is 0 Å². The highest BCUT2D eigenvalue weighted by atomic mass is 19.4. The number of hydrogen-bond acceptors (Lipinski definition) is 3. The SMILES string of the molecule is O=CC[C@H]1CN(C(=O)C(F)(F)F)CCN1C(=O)O. The molecule has 1 N–H and O–H groups in total. The number of rotatable bonds is 2. The van der Waals surface area contributed by atoms with E-state index in [1.807, 2.05) is 0 Å². The molecule has 1 aliphatic heterocycles. The van der Waals surface area contributed by atoms with Gasteiger partial charge in [0.25, 0.3) is 0 Å². The van der Waals surface area contributed by atoms with E-state index in [0.29, 0.717) is 11.2 Å². The van der Waals surface area contributed by atoms with E-state index in [1.54, 1.807) is 0 Å². The van der Waals surface area contributed by atoms with Crippen LogP contribution in [0.2, 0.25) is 0 Å². The van der Waals surface area contributed by atoms with Gasteiger partial charge >= 0.3 is 18.2 Å². The zero-order chi connectivity index (χ0) is 13.9. The largest absolute Gasteiger partial charge is 0.471 e. The van der Waals surface area contributed by atoms with Gasteiger partial charge in [-0.1, -0.05) is 0 Å². The zero-order valence-electron chi connectivity index (χ0n) is 9.18. The number of alkyl halides is 3. The van der Waals surface area contributed by atoms with Gasteiger partial charge in [-0.15, -0.1) is 0 Å². The summed E-state index contributed by atoms with van der Waals surface area (Å²) in [6.07, 6.45) is -6.13. The van der Waals surface area contributed by atoms with Crippen LogP contribution in [0.3, 0.4) is 0 Å². The third-order valence-electron chi connectivity index (χ3n) is 2.63. The smallest absolute Gasteiger partial charge is 0.465 e. The summed E-state index contributed by atoms with van der Waals surface area (Å²) in [5, 5.41) is 8.80. The van der Waals surface area contributed by atoms with Crippen molar-refractivity contribution >= 4 is 18.3 Å². The van der Waals surface area contributed by atoms with E-state index in [4.69, 9.17) is 5.11 Å². The molecule has 0 aliphatic carbocycles. The monoisotopic (exact) mass is 268 g/mol. The molecule has 0 radical (unpaired) electrons. The summed E-state index contributed by atoms with van der Waals surface area (Å²) in [4.78, 5) is 33.6. The number of hydrogen-bond donors (Lipinski definition) is 1. The van der Waals surface area contributed by atoms with Crippen molar-refractivity contribution < 1.29 is 32.7 Å². The molecule has 2 amide bonds. The third kappa shape index (κ3) is 3.11. The fourth-order valence-corrected chi connectivity index (χ4v) is 1.78. The Kier molecular flexibility index (Phi) is 4.15. The maximum Gasteiger partial charge on any atom is 0.471 e. The molecule has 102 valence electrons. The van der Waals surface area contributed by atoms with Crippen LogP contribution in [0.4, 0.5) is 18.0 Å². The van der Waals surface area contributed by atoms with Gasteiger partial charge in [0, 0.05) is 26.1 Å². The third-order valence-corrected chi connectivity index (χ3v) is 2.63. The molecular formula is C9H11F3N2O4. The Hall–Kier alpha value is -1.80. The molecule has 0 saturated carbocycles. The number of halogens is 3. The number of amides is 2. The molecule has 0 unspecified atom stereocenters. The van der Waals surface area contributed by atoms with Crippen molar-refractivity contribution in [2.45, 2.75) is 18.6 Å². The lowest BCUT2D eigenvalue weighted by Crippen LogP contribution is -2.58. The van der Waals surface area contributed by atoms with Crippen molar-refractivity contribution in [1.82, 2.24) is 9.80 Å². The van der Waals surface area contributed by atoms with Crippen LogP contribution in [0, 0.1) is 0 Å². The Morgan fingerprint density at radius 1 is 1.33 bits per heavy atom. The van der Waals surface area contributed by atoms with Crippen LogP contribution in [0.15, 0.2) is 0 Å². The van der Waals surface area contributed by atoms with Crippen LogP contribution in [0.25, 0.3) is 0 Å². The first-order valence-corrected chi connectivity index (χ1v) is 5.06. The van der Waals surface area contributed by atoms with E-state index in [0.717, 1.165) is 4.90 Å². The summed E-state index contributed by atoms with van der Waals surface area (Å²) >= 11 is 0. The molecule has 1 saturated heterocycles. The van der Waals surface area contributed by atoms with Crippen LogP contribution >= 0.6 is 0 Å². The minimum absolute atomic E-state index is 0.240. The molecule has 9 heteroatoms. The Morgan fingerprint density at radius 2 is 1.94 bits per heavy atom. The van der Waals surface area contributed by atoms with E-state index < -0.39 is 30.8 Å². The quantitative estimate of drug-likeness (QED) is 0.732. The number of carbonyl (C=O) groups excluding carboxylic acids is 2. The van der Waals surface area contributed by atoms with Gasteiger partial charge in [0.15, 0.2) is 0 Å². The first-order chi connectivity index (χ1) is 8.27. The van der Waals surface area contributed by atoms with Gasteiger partial charge in [-0.3, -0.25) is 4.79 Å². The second-order valence-corrected chi connectivity index (χ2v) is 3.78. The van der Waals surface area contributed by atoms with E-state index in [-0.39, 0.29) is 19.5 Å². The summed E-state index contributed by atoms with van der Waals surface area (Å²) < 4.78 is 36.6. The lowest BCUT2D eigenvalue weighted by Gasteiger charge is -2.39. The standard InChI is InChI=1S/C9H11F3N2O4/c10-9(11,12)7(16)13-2-3-14(8(17)18)6(5-13)1-4-15/h4,6H,1-3,5H2,(H,17,18)/t6-/m0/s1. The molecule has 1 fully saturated rings. The average molecular weight is 268 g/mol. The van der Waals surface area contributed by atoms with Crippen molar-refractivity contribution in [3.05, 3.63) is 0 Å². The van der Waals surface area contributed by atoms with Gasteiger partial charge < -0.3 is 19.7 Å². The molecule has 1 aliphatic rings. The van der Waals surface area contributed by atoms with Crippen molar-refractivity contribution in [2.24, 2.45) is 0 Å². The lowest BCUT2D eigenvalue weighted by molar-refractivity contribution is -0.187. The Morgan fingerprint density at radius 3 is 2.39 bits per heavy atom. The summed E-state index contributed by atoms with van der Waals surface area (Å²) in [5.74, 6) is -2.01. The predicted octanol–water partition coefficient (Wildman–Crippen LogP) is 0.328. The highest BCUT2D eigenvalue weighted by Crippen LogP contribution is 2.21. The Bertz CT molecular complexity index is 358. The molecule has 0 aromatic rings. The molecular weight excluding hydrogens is 257 g/mol. The first-order valence-electron chi connectivity index (χ1n) is 5.06. The van der Waals surface area contributed by atoms with Crippen molar-refractivity contribution in [1.29, 1.82) is 0 Å². The number of carboxylic acid groups (broad SMARTS) is 1. The maximum atomic E-state index is 12.2. The van der Waals surface area contributed by atoms with Gasteiger partial charge in [-0.05, 0) is 0 Å². The molecule has 18 heavy (non-hydrogen) atoms. The van der Waals surface area contributed by atoms with Crippen molar-refractivity contribution in [3.8, 4) is 0 Å². The molecule has 0 aromatic carbocycles. The minimum Gasteiger partial charge on any atom is -0.465 e. The molecule has 6 nitrogen and oxygen atoms in total. The Balaban J connectivity index is 2.77. The van der Waals surface area contributed by atoms with Crippen LogP contribution < -0.4 is 0 Å². The Labute approximate surface area is 99.9 Å². The van der Waals surface area contributed by atoms with Crippen LogP contribution in [0.1, 0.15) is 6.42 Å². The summed E-state index contributed by atoms with van der Waals surface area (Å²) in [7, 11) is 0. The lowest BCUT2D eigenvalue weighted by atomic mass is 10.1. The average Bonchev–Trinajstić information content (AvgIpc) is 2.26. The molecule has 1 atom stereocenters. The molecule has 1 heterocycles.